The molecule has 1 saturated heterocycles. The van der Waals surface area contributed by atoms with Crippen LogP contribution in [0.5, 0.6) is 0 Å². The van der Waals surface area contributed by atoms with Gasteiger partial charge in [0, 0.05) is 6.04 Å². The van der Waals surface area contributed by atoms with E-state index in [0.717, 1.165) is 42.8 Å². The lowest BCUT2D eigenvalue weighted by molar-refractivity contribution is 0.320. The molecule has 8 heteroatoms. The molecule has 1 aliphatic heterocycles. The fraction of sp³-hybridized carbons (Fsp3) is 0.667. The van der Waals surface area contributed by atoms with Crippen molar-refractivity contribution in [1.29, 1.82) is 0 Å². The van der Waals surface area contributed by atoms with Gasteiger partial charge in [0.05, 0.1) is 4.34 Å². The number of sulfonamides is 1. The monoisotopic (exact) mass is 358 g/mol. The molecule has 1 aromatic rings. The molecule has 4 nitrogen and oxygen atoms in total. The Hall–Kier alpha value is 0.150. The number of thiophene rings is 1. The van der Waals surface area contributed by atoms with Gasteiger partial charge in [0.1, 0.15) is 4.21 Å². The van der Waals surface area contributed by atoms with E-state index in [1.54, 1.807) is 6.07 Å². The Morgan fingerprint density at radius 1 is 1.55 bits per heavy atom. The highest BCUT2D eigenvalue weighted by atomic mass is 35.5. The van der Waals surface area contributed by atoms with Gasteiger partial charge in [-0.25, -0.2) is 13.1 Å². The molecule has 1 aromatic heterocycles. The second-order valence-electron chi connectivity index (χ2n) is 5.04. The van der Waals surface area contributed by atoms with Gasteiger partial charge in [0.15, 0.2) is 0 Å². The fourth-order valence-electron chi connectivity index (χ4n) is 2.27. The van der Waals surface area contributed by atoms with Gasteiger partial charge in [-0.1, -0.05) is 11.6 Å². The minimum absolute atomic E-state index is 0. The maximum atomic E-state index is 12.3. The van der Waals surface area contributed by atoms with Gasteiger partial charge in [-0.2, -0.15) is 0 Å². The average Bonchev–Trinajstić information content (AvgIpc) is 2.71. The predicted octanol–water partition coefficient (Wildman–Crippen LogP) is 2.80. The number of nitrogens with one attached hydrogen (secondary N) is 2. The Morgan fingerprint density at radius 3 is 2.75 bits per heavy atom. The number of piperidine rings is 1. The van der Waals surface area contributed by atoms with Crippen molar-refractivity contribution >= 4 is 45.4 Å². The van der Waals surface area contributed by atoms with Crippen LogP contribution >= 0.6 is 35.3 Å². The van der Waals surface area contributed by atoms with Gasteiger partial charge < -0.3 is 5.32 Å². The Labute approximate surface area is 135 Å². The van der Waals surface area contributed by atoms with E-state index in [1.807, 2.05) is 13.8 Å². The third-order valence-corrected chi connectivity index (χ3v) is 7.07. The van der Waals surface area contributed by atoms with Gasteiger partial charge in [-0.3, -0.25) is 0 Å². The predicted molar refractivity (Wildman–Crippen MR) is 86.7 cm³/mol. The van der Waals surface area contributed by atoms with Crippen LogP contribution in [0, 0.1) is 12.8 Å². The second kappa shape index (κ2) is 7.42. The van der Waals surface area contributed by atoms with Crippen LogP contribution < -0.4 is 10.0 Å². The Morgan fingerprint density at radius 2 is 2.25 bits per heavy atom. The molecule has 0 bridgehead atoms. The first-order valence-electron chi connectivity index (χ1n) is 6.39. The normalized spacial score (nSPS) is 21.2. The van der Waals surface area contributed by atoms with E-state index >= 15 is 0 Å². The molecule has 2 atom stereocenters. The molecule has 0 aliphatic carbocycles. The molecular formula is C12H20Cl2N2O2S2. The molecule has 2 heterocycles. The first-order valence-corrected chi connectivity index (χ1v) is 9.07. The number of hydrogen-bond acceptors (Lipinski definition) is 4. The van der Waals surface area contributed by atoms with Crippen LogP contribution in [0.2, 0.25) is 4.34 Å². The van der Waals surface area contributed by atoms with Crippen LogP contribution in [0.1, 0.15) is 25.3 Å². The van der Waals surface area contributed by atoms with Gasteiger partial charge in [-0.15, -0.1) is 23.7 Å². The summed E-state index contributed by atoms with van der Waals surface area (Å²) in [7, 11) is -3.45. The molecule has 116 valence electrons. The summed E-state index contributed by atoms with van der Waals surface area (Å²) in [5.41, 5.74) is 0.805. The molecule has 0 radical (unpaired) electrons. The highest BCUT2D eigenvalue weighted by molar-refractivity contribution is 7.91. The van der Waals surface area contributed by atoms with Gasteiger partial charge in [0.2, 0.25) is 10.0 Å². The third kappa shape index (κ3) is 4.32. The molecule has 0 aromatic carbocycles. The second-order valence-corrected chi connectivity index (χ2v) is 8.63. The molecule has 0 spiro atoms. The van der Waals surface area contributed by atoms with Crippen molar-refractivity contribution in [3.05, 3.63) is 16.0 Å². The van der Waals surface area contributed by atoms with E-state index in [9.17, 15) is 8.42 Å². The van der Waals surface area contributed by atoms with Crippen molar-refractivity contribution in [1.82, 2.24) is 10.0 Å². The lowest BCUT2D eigenvalue weighted by atomic mass is 9.94. The number of aryl methyl sites for hydroxylation is 1. The van der Waals surface area contributed by atoms with Crippen molar-refractivity contribution in [2.45, 2.75) is 36.9 Å². The minimum atomic E-state index is -3.45. The fourth-order valence-corrected chi connectivity index (χ4v) is 5.31. The Kier molecular flexibility index (Phi) is 6.76. The van der Waals surface area contributed by atoms with Crippen LogP contribution in [-0.4, -0.2) is 27.5 Å². The maximum absolute atomic E-state index is 12.3. The summed E-state index contributed by atoms with van der Waals surface area (Å²) in [5.74, 6) is 0.347. The van der Waals surface area contributed by atoms with Crippen LogP contribution in [-0.2, 0) is 10.0 Å². The zero-order chi connectivity index (χ0) is 14.0. The van der Waals surface area contributed by atoms with E-state index in [0.29, 0.717) is 14.5 Å². The summed E-state index contributed by atoms with van der Waals surface area (Å²) in [6, 6.07) is 1.56. The molecule has 2 unspecified atom stereocenters. The summed E-state index contributed by atoms with van der Waals surface area (Å²) in [6.07, 6.45) is 2.15. The first-order chi connectivity index (χ1) is 8.90. The van der Waals surface area contributed by atoms with Gasteiger partial charge in [0.25, 0.3) is 0 Å². The topological polar surface area (TPSA) is 58.2 Å². The van der Waals surface area contributed by atoms with Crippen LogP contribution in [0.15, 0.2) is 10.3 Å². The highest BCUT2D eigenvalue weighted by Gasteiger charge is 2.26. The quantitative estimate of drug-likeness (QED) is 0.869. The molecule has 1 aliphatic rings. The summed E-state index contributed by atoms with van der Waals surface area (Å²) in [4.78, 5) is 0. The molecular weight excluding hydrogens is 339 g/mol. The molecule has 2 N–H and O–H groups in total. The lowest BCUT2D eigenvalue weighted by Crippen LogP contribution is -2.44. The summed E-state index contributed by atoms with van der Waals surface area (Å²) >= 11 is 7.05. The summed E-state index contributed by atoms with van der Waals surface area (Å²) in [5, 5.41) is 3.30. The molecule has 1 fully saturated rings. The summed E-state index contributed by atoms with van der Waals surface area (Å²) in [6.45, 7) is 5.63. The van der Waals surface area contributed by atoms with Crippen LogP contribution in [0.3, 0.4) is 0 Å². The zero-order valence-corrected chi connectivity index (χ0v) is 14.7. The number of halogens is 2. The minimum Gasteiger partial charge on any atom is -0.316 e. The van der Waals surface area contributed by atoms with Crippen molar-refractivity contribution in [2.24, 2.45) is 5.92 Å². The van der Waals surface area contributed by atoms with E-state index in [1.165, 1.54) is 0 Å². The lowest BCUT2D eigenvalue weighted by Gasteiger charge is -2.28. The van der Waals surface area contributed by atoms with Gasteiger partial charge in [-0.05, 0) is 57.3 Å². The molecule has 0 saturated carbocycles. The third-order valence-electron chi connectivity index (χ3n) is 3.48. The Balaban J connectivity index is 0.00000200. The van der Waals surface area contributed by atoms with E-state index in [2.05, 4.69) is 10.0 Å². The highest BCUT2D eigenvalue weighted by Crippen LogP contribution is 2.30. The van der Waals surface area contributed by atoms with Crippen molar-refractivity contribution in [2.75, 3.05) is 13.1 Å². The van der Waals surface area contributed by atoms with Crippen LogP contribution in [0.25, 0.3) is 0 Å². The first kappa shape index (κ1) is 18.2. The maximum Gasteiger partial charge on any atom is 0.250 e. The number of rotatable bonds is 4. The molecule has 0 amide bonds. The van der Waals surface area contributed by atoms with E-state index in [-0.39, 0.29) is 18.4 Å². The van der Waals surface area contributed by atoms with Crippen LogP contribution in [0.4, 0.5) is 0 Å². The van der Waals surface area contributed by atoms with Crippen molar-refractivity contribution in [3.8, 4) is 0 Å². The number of hydrogen-bond donors (Lipinski definition) is 2. The van der Waals surface area contributed by atoms with E-state index < -0.39 is 10.0 Å². The molecule has 20 heavy (non-hydrogen) atoms. The molecule has 2 rings (SSSR count). The van der Waals surface area contributed by atoms with Crippen molar-refractivity contribution < 1.29 is 8.42 Å². The largest absolute Gasteiger partial charge is 0.316 e. The standard InChI is InChI=1S/C12H19ClN2O2S2.ClH/c1-8-6-11(18-12(8)13)19(16,17)15-9(2)10-4-3-5-14-7-10;/h6,9-10,14-15H,3-5,7H2,1-2H3;1H. The van der Waals surface area contributed by atoms with Gasteiger partial charge >= 0.3 is 0 Å². The SMILES string of the molecule is Cc1cc(S(=O)(=O)NC(C)C2CCCNC2)sc1Cl.Cl. The Bertz CT molecular complexity index is 520. The van der Waals surface area contributed by atoms with Crippen molar-refractivity contribution in [3.63, 3.8) is 0 Å². The summed E-state index contributed by atoms with van der Waals surface area (Å²) < 4.78 is 28.1. The zero-order valence-electron chi connectivity index (χ0n) is 11.5. The average molecular weight is 359 g/mol. The van der Waals surface area contributed by atoms with E-state index in [4.69, 9.17) is 11.6 Å². The smallest absolute Gasteiger partial charge is 0.250 e.